The van der Waals surface area contributed by atoms with Crippen molar-refractivity contribution < 1.29 is 9.84 Å². The first-order chi connectivity index (χ1) is 8.08. The van der Waals surface area contributed by atoms with Gasteiger partial charge in [0.2, 0.25) is 0 Å². The first-order valence-corrected chi connectivity index (χ1v) is 6.06. The van der Waals surface area contributed by atoms with Crippen LogP contribution in [0.1, 0.15) is 25.0 Å². The van der Waals surface area contributed by atoms with Crippen LogP contribution in [-0.2, 0) is 6.54 Å². The van der Waals surface area contributed by atoms with Crippen LogP contribution in [0, 0.1) is 12.8 Å². The lowest BCUT2D eigenvalue weighted by atomic mass is 10.0. The van der Waals surface area contributed by atoms with Gasteiger partial charge in [0.05, 0.1) is 13.7 Å². The molecular weight excluding hydrogens is 214 g/mol. The molecule has 2 N–H and O–H groups in total. The van der Waals surface area contributed by atoms with Crippen molar-refractivity contribution in [1.29, 1.82) is 0 Å². The molecule has 0 radical (unpaired) electrons. The predicted octanol–water partition coefficient (Wildman–Crippen LogP) is 2.11. The van der Waals surface area contributed by atoms with E-state index in [1.54, 1.807) is 7.11 Å². The molecule has 0 saturated heterocycles. The number of aliphatic hydroxyl groups is 1. The third-order valence-corrected chi connectivity index (χ3v) is 3.03. The monoisotopic (exact) mass is 237 g/mol. The third kappa shape index (κ3) is 4.02. The molecule has 96 valence electrons. The second-order valence-corrected chi connectivity index (χ2v) is 4.72. The fourth-order valence-corrected chi connectivity index (χ4v) is 1.81. The lowest BCUT2D eigenvalue weighted by Gasteiger charge is -2.20. The van der Waals surface area contributed by atoms with E-state index in [9.17, 15) is 5.11 Å². The number of aryl methyl sites for hydroxylation is 1. The molecule has 0 aromatic heterocycles. The zero-order valence-corrected chi connectivity index (χ0v) is 11.2. The molecule has 0 fully saturated rings. The maximum Gasteiger partial charge on any atom is 0.121 e. The Bertz CT molecular complexity index is 350. The van der Waals surface area contributed by atoms with Gasteiger partial charge in [-0.05, 0) is 30.0 Å². The van der Waals surface area contributed by atoms with E-state index in [0.29, 0.717) is 5.92 Å². The summed E-state index contributed by atoms with van der Waals surface area (Å²) in [5.74, 6) is 1.34. The van der Waals surface area contributed by atoms with E-state index in [0.717, 1.165) is 17.9 Å². The Kier molecular flexibility index (Phi) is 5.45. The highest BCUT2D eigenvalue weighted by Crippen LogP contribution is 2.18. The van der Waals surface area contributed by atoms with Crippen LogP contribution in [0.25, 0.3) is 0 Å². The Morgan fingerprint density at radius 3 is 2.53 bits per heavy atom. The van der Waals surface area contributed by atoms with Gasteiger partial charge in [-0.1, -0.05) is 26.0 Å². The molecule has 1 atom stereocenters. The molecule has 1 aromatic carbocycles. The number of rotatable bonds is 6. The van der Waals surface area contributed by atoms with Gasteiger partial charge >= 0.3 is 0 Å². The van der Waals surface area contributed by atoms with E-state index in [4.69, 9.17) is 4.74 Å². The lowest BCUT2D eigenvalue weighted by molar-refractivity contribution is 0.210. The number of aliphatic hydroxyl groups excluding tert-OH is 1. The van der Waals surface area contributed by atoms with Gasteiger partial charge in [0.25, 0.3) is 0 Å². The second-order valence-electron chi connectivity index (χ2n) is 4.72. The van der Waals surface area contributed by atoms with Crippen molar-refractivity contribution in [1.82, 2.24) is 5.32 Å². The molecule has 0 unspecified atom stereocenters. The van der Waals surface area contributed by atoms with E-state index in [1.807, 2.05) is 19.1 Å². The van der Waals surface area contributed by atoms with Crippen LogP contribution in [0.15, 0.2) is 18.2 Å². The molecule has 0 spiro atoms. The van der Waals surface area contributed by atoms with Crippen LogP contribution in [0.3, 0.4) is 0 Å². The average molecular weight is 237 g/mol. The summed E-state index contributed by atoms with van der Waals surface area (Å²) in [6.45, 7) is 7.19. The summed E-state index contributed by atoms with van der Waals surface area (Å²) in [5, 5.41) is 12.6. The highest BCUT2D eigenvalue weighted by Gasteiger charge is 2.11. The van der Waals surface area contributed by atoms with Crippen molar-refractivity contribution in [3.8, 4) is 5.75 Å². The van der Waals surface area contributed by atoms with Gasteiger partial charge in [0.1, 0.15) is 5.75 Å². The first-order valence-electron chi connectivity index (χ1n) is 6.06. The van der Waals surface area contributed by atoms with Crippen molar-refractivity contribution in [2.75, 3.05) is 13.7 Å². The Labute approximate surface area is 104 Å². The van der Waals surface area contributed by atoms with E-state index >= 15 is 0 Å². The molecule has 0 aliphatic carbocycles. The molecule has 17 heavy (non-hydrogen) atoms. The molecule has 0 heterocycles. The maximum atomic E-state index is 9.23. The van der Waals surface area contributed by atoms with E-state index in [-0.39, 0.29) is 12.6 Å². The van der Waals surface area contributed by atoms with E-state index < -0.39 is 0 Å². The summed E-state index contributed by atoms with van der Waals surface area (Å²) in [5.41, 5.74) is 2.35. The average Bonchev–Trinajstić information content (AvgIpc) is 2.29. The Morgan fingerprint density at radius 2 is 2.06 bits per heavy atom. The Hall–Kier alpha value is -1.06. The van der Waals surface area contributed by atoms with Crippen LogP contribution in [-0.4, -0.2) is 24.9 Å². The largest absolute Gasteiger partial charge is 0.496 e. The van der Waals surface area contributed by atoms with Gasteiger partial charge in [-0.3, -0.25) is 0 Å². The number of nitrogens with one attached hydrogen (secondary N) is 1. The minimum absolute atomic E-state index is 0.150. The van der Waals surface area contributed by atoms with E-state index in [1.165, 1.54) is 5.56 Å². The summed E-state index contributed by atoms with van der Waals surface area (Å²) in [6.07, 6.45) is 0. The lowest BCUT2D eigenvalue weighted by Crippen LogP contribution is -2.36. The molecule has 3 heteroatoms. The fourth-order valence-electron chi connectivity index (χ4n) is 1.81. The molecular formula is C14H23NO2. The van der Waals surface area contributed by atoms with Crippen molar-refractivity contribution in [3.63, 3.8) is 0 Å². The molecule has 0 aliphatic heterocycles. The summed E-state index contributed by atoms with van der Waals surface area (Å²) < 4.78 is 5.22. The second kappa shape index (κ2) is 6.62. The maximum absolute atomic E-state index is 9.23. The zero-order chi connectivity index (χ0) is 12.8. The van der Waals surface area contributed by atoms with Gasteiger partial charge in [-0.15, -0.1) is 0 Å². The zero-order valence-electron chi connectivity index (χ0n) is 11.2. The molecule has 3 nitrogen and oxygen atoms in total. The SMILES string of the molecule is COc1ccc(CN[C@H](CO)C(C)C)cc1C. The van der Waals surface area contributed by atoms with Crippen LogP contribution >= 0.6 is 0 Å². The number of benzene rings is 1. The third-order valence-electron chi connectivity index (χ3n) is 3.03. The molecule has 1 rings (SSSR count). The van der Waals surface area contributed by atoms with Crippen LogP contribution in [0.4, 0.5) is 0 Å². The topological polar surface area (TPSA) is 41.5 Å². The summed E-state index contributed by atoms with van der Waals surface area (Å²) in [4.78, 5) is 0. The predicted molar refractivity (Wildman–Crippen MR) is 70.3 cm³/mol. The standard InChI is InChI=1S/C14H23NO2/c1-10(2)13(9-16)15-8-12-5-6-14(17-4)11(3)7-12/h5-7,10,13,15-16H,8-9H2,1-4H3/t13-/m1/s1. The Morgan fingerprint density at radius 1 is 1.35 bits per heavy atom. The highest BCUT2D eigenvalue weighted by molar-refractivity contribution is 5.36. The minimum Gasteiger partial charge on any atom is -0.496 e. The Balaban J connectivity index is 2.60. The minimum atomic E-state index is 0.150. The van der Waals surface area contributed by atoms with Crippen LogP contribution in [0.2, 0.25) is 0 Å². The number of hydrogen-bond acceptors (Lipinski definition) is 3. The number of hydrogen-bond donors (Lipinski definition) is 2. The summed E-state index contributed by atoms with van der Waals surface area (Å²) in [6, 6.07) is 6.29. The van der Waals surface area contributed by atoms with Gasteiger partial charge in [-0.25, -0.2) is 0 Å². The molecule has 0 bridgehead atoms. The smallest absolute Gasteiger partial charge is 0.121 e. The van der Waals surface area contributed by atoms with Crippen molar-refractivity contribution in [2.45, 2.75) is 33.4 Å². The fraction of sp³-hybridized carbons (Fsp3) is 0.571. The van der Waals surface area contributed by atoms with Crippen molar-refractivity contribution in [3.05, 3.63) is 29.3 Å². The molecule has 0 amide bonds. The van der Waals surface area contributed by atoms with Gasteiger partial charge in [-0.2, -0.15) is 0 Å². The van der Waals surface area contributed by atoms with Gasteiger partial charge in [0, 0.05) is 12.6 Å². The van der Waals surface area contributed by atoms with Crippen molar-refractivity contribution >= 4 is 0 Å². The normalized spacial score (nSPS) is 12.8. The van der Waals surface area contributed by atoms with Crippen LogP contribution in [0.5, 0.6) is 5.75 Å². The number of ether oxygens (including phenoxy) is 1. The molecule has 1 aromatic rings. The highest BCUT2D eigenvalue weighted by atomic mass is 16.5. The van der Waals surface area contributed by atoms with Gasteiger partial charge < -0.3 is 15.2 Å². The molecule has 0 aliphatic rings. The van der Waals surface area contributed by atoms with Crippen molar-refractivity contribution in [2.24, 2.45) is 5.92 Å². The number of methoxy groups -OCH3 is 1. The molecule has 0 saturated carbocycles. The first kappa shape index (κ1) is 14.0. The van der Waals surface area contributed by atoms with Gasteiger partial charge in [0.15, 0.2) is 0 Å². The summed E-state index contributed by atoms with van der Waals surface area (Å²) >= 11 is 0. The quantitative estimate of drug-likeness (QED) is 0.796. The van der Waals surface area contributed by atoms with Crippen LogP contribution < -0.4 is 10.1 Å². The summed E-state index contributed by atoms with van der Waals surface area (Å²) in [7, 11) is 1.68. The van der Waals surface area contributed by atoms with E-state index in [2.05, 4.69) is 25.2 Å².